The number of nitrogens with one attached hydrogen (secondary N) is 1. The molecular weight excluding hydrogens is 262 g/mol. The molecule has 0 heterocycles. The second kappa shape index (κ2) is 7.69. The van der Waals surface area contributed by atoms with Gasteiger partial charge < -0.3 is 11.1 Å². The van der Waals surface area contributed by atoms with Crippen molar-refractivity contribution in [3.8, 4) is 0 Å². The summed E-state index contributed by atoms with van der Waals surface area (Å²) in [5.41, 5.74) is 8.74. The maximum Gasteiger partial charge on any atom is 0.150 e. The Labute approximate surface area is 127 Å². The first-order valence-corrected chi connectivity index (χ1v) is 7.86. The fourth-order valence-electron chi connectivity index (χ4n) is 3.15. The third-order valence-electron chi connectivity index (χ3n) is 4.58. The molecule has 0 spiro atoms. The Balaban J connectivity index is 2.09. The molecule has 4 nitrogen and oxygen atoms in total. The van der Waals surface area contributed by atoms with E-state index < -0.39 is 0 Å². The summed E-state index contributed by atoms with van der Waals surface area (Å²) in [5.74, 6) is 0. The number of carbonyl (C=O) groups is 1. The zero-order chi connectivity index (χ0) is 15.2. The number of nitrogens with zero attached hydrogens (tertiary/aromatic N) is 1. The van der Waals surface area contributed by atoms with Crippen molar-refractivity contribution in [3.63, 3.8) is 0 Å². The van der Waals surface area contributed by atoms with E-state index in [1.165, 1.54) is 32.1 Å². The molecule has 2 rings (SSSR count). The Morgan fingerprint density at radius 2 is 2.10 bits per heavy atom. The molecule has 3 N–H and O–H groups in total. The number of benzene rings is 1. The van der Waals surface area contributed by atoms with Crippen LogP contribution < -0.4 is 11.1 Å². The molecule has 0 radical (unpaired) electrons. The van der Waals surface area contributed by atoms with Crippen LogP contribution in [0.2, 0.25) is 0 Å². The van der Waals surface area contributed by atoms with E-state index in [1.807, 2.05) is 25.2 Å². The Bertz CT molecular complexity index is 469. The minimum atomic E-state index is -0.228. The monoisotopic (exact) mass is 289 g/mol. The molecule has 1 unspecified atom stereocenters. The molecule has 1 aliphatic carbocycles. The average Bonchev–Trinajstić information content (AvgIpc) is 2.55. The Hall–Kier alpha value is -1.23. The van der Waals surface area contributed by atoms with Crippen molar-refractivity contribution in [2.24, 2.45) is 5.73 Å². The van der Waals surface area contributed by atoms with Crippen LogP contribution in [-0.2, 0) is 6.54 Å². The largest absolute Gasteiger partial charge is 0.312 e. The highest BCUT2D eigenvalue weighted by Gasteiger charge is 2.19. The highest BCUT2D eigenvalue weighted by atomic mass is 16.1. The van der Waals surface area contributed by atoms with Gasteiger partial charge in [0.15, 0.2) is 0 Å². The lowest BCUT2D eigenvalue weighted by Gasteiger charge is -2.31. The van der Waals surface area contributed by atoms with Crippen molar-refractivity contribution in [3.05, 3.63) is 34.9 Å². The molecule has 4 heteroatoms. The highest BCUT2D eigenvalue weighted by Crippen LogP contribution is 2.24. The zero-order valence-electron chi connectivity index (χ0n) is 13.1. The minimum Gasteiger partial charge on any atom is -0.312 e. The lowest BCUT2D eigenvalue weighted by Crippen LogP contribution is -2.33. The fraction of sp³-hybridized carbons (Fsp3) is 0.588. The van der Waals surface area contributed by atoms with Gasteiger partial charge in [-0.3, -0.25) is 9.69 Å². The first kappa shape index (κ1) is 16.1. The smallest absolute Gasteiger partial charge is 0.150 e. The molecular formula is C17H27N3O. The summed E-state index contributed by atoms with van der Waals surface area (Å²) < 4.78 is 0. The van der Waals surface area contributed by atoms with Crippen LogP contribution >= 0.6 is 0 Å². The van der Waals surface area contributed by atoms with E-state index in [-0.39, 0.29) is 6.17 Å². The van der Waals surface area contributed by atoms with Gasteiger partial charge in [0.05, 0.1) is 6.17 Å². The molecule has 116 valence electrons. The van der Waals surface area contributed by atoms with E-state index >= 15 is 0 Å². The van der Waals surface area contributed by atoms with Crippen molar-refractivity contribution in [1.82, 2.24) is 10.2 Å². The summed E-state index contributed by atoms with van der Waals surface area (Å²) in [4.78, 5) is 13.8. The van der Waals surface area contributed by atoms with Gasteiger partial charge in [0, 0.05) is 18.2 Å². The first-order chi connectivity index (χ1) is 10.2. The molecule has 1 aromatic rings. The molecule has 0 aliphatic heterocycles. The van der Waals surface area contributed by atoms with Gasteiger partial charge in [-0.1, -0.05) is 31.4 Å². The molecule has 0 amide bonds. The van der Waals surface area contributed by atoms with Crippen LogP contribution in [0.3, 0.4) is 0 Å². The minimum absolute atomic E-state index is 0.228. The standard InChI is InChI=1S/C17H27N3O/c1-19-17(18)13-8-9-14(15(10-13)12-21)11-20(2)16-6-4-3-5-7-16/h8-10,12,16-17,19H,3-7,11,18H2,1-2H3. The zero-order valence-corrected chi connectivity index (χ0v) is 13.1. The van der Waals surface area contributed by atoms with Gasteiger partial charge in [0.1, 0.15) is 6.29 Å². The van der Waals surface area contributed by atoms with Gasteiger partial charge in [0.25, 0.3) is 0 Å². The lowest BCUT2D eigenvalue weighted by atomic mass is 9.94. The van der Waals surface area contributed by atoms with E-state index in [0.717, 1.165) is 29.5 Å². The number of rotatable bonds is 6. The van der Waals surface area contributed by atoms with Crippen molar-refractivity contribution in [2.45, 2.75) is 50.9 Å². The molecule has 1 atom stereocenters. The van der Waals surface area contributed by atoms with Crippen molar-refractivity contribution in [1.29, 1.82) is 0 Å². The predicted octanol–water partition coefficient (Wildman–Crippen LogP) is 2.44. The predicted molar refractivity (Wildman–Crippen MR) is 86.2 cm³/mol. The molecule has 1 aromatic carbocycles. The normalized spacial score (nSPS) is 17.9. The maximum atomic E-state index is 11.4. The molecule has 1 fully saturated rings. The van der Waals surface area contributed by atoms with Crippen molar-refractivity contribution >= 4 is 6.29 Å². The van der Waals surface area contributed by atoms with Crippen LogP contribution in [0.4, 0.5) is 0 Å². The fourth-order valence-corrected chi connectivity index (χ4v) is 3.15. The molecule has 21 heavy (non-hydrogen) atoms. The van der Waals surface area contributed by atoms with Crippen LogP contribution in [0, 0.1) is 0 Å². The number of hydrogen-bond donors (Lipinski definition) is 2. The van der Waals surface area contributed by atoms with Gasteiger partial charge >= 0.3 is 0 Å². The van der Waals surface area contributed by atoms with Crippen LogP contribution in [-0.4, -0.2) is 31.3 Å². The summed E-state index contributed by atoms with van der Waals surface area (Å²) in [7, 11) is 3.98. The molecule has 0 saturated heterocycles. The topological polar surface area (TPSA) is 58.4 Å². The maximum absolute atomic E-state index is 11.4. The summed E-state index contributed by atoms with van der Waals surface area (Å²) in [6.45, 7) is 0.827. The van der Waals surface area contributed by atoms with E-state index in [1.54, 1.807) is 0 Å². The Morgan fingerprint density at radius 1 is 1.38 bits per heavy atom. The Morgan fingerprint density at radius 3 is 2.71 bits per heavy atom. The van der Waals surface area contributed by atoms with E-state index in [0.29, 0.717) is 6.04 Å². The third kappa shape index (κ3) is 4.13. The first-order valence-electron chi connectivity index (χ1n) is 7.86. The number of hydrogen-bond acceptors (Lipinski definition) is 4. The van der Waals surface area contributed by atoms with Gasteiger partial charge in [-0.25, -0.2) is 0 Å². The lowest BCUT2D eigenvalue weighted by molar-refractivity contribution is 0.112. The molecule has 0 bridgehead atoms. The number of aldehydes is 1. The molecule has 1 saturated carbocycles. The Kier molecular flexibility index (Phi) is 5.91. The summed E-state index contributed by atoms with van der Waals surface area (Å²) in [6.07, 6.45) is 7.27. The van der Waals surface area contributed by atoms with Gasteiger partial charge in [-0.15, -0.1) is 0 Å². The average molecular weight is 289 g/mol. The van der Waals surface area contributed by atoms with E-state index in [9.17, 15) is 4.79 Å². The SMILES string of the molecule is CNC(N)c1ccc(CN(C)C2CCCCC2)c(C=O)c1. The second-order valence-corrected chi connectivity index (χ2v) is 6.05. The summed E-state index contributed by atoms with van der Waals surface area (Å²) in [6, 6.07) is 6.60. The van der Waals surface area contributed by atoms with Gasteiger partial charge in [-0.2, -0.15) is 0 Å². The van der Waals surface area contributed by atoms with Crippen molar-refractivity contribution in [2.75, 3.05) is 14.1 Å². The van der Waals surface area contributed by atoms with E-state index in [4.69, 9.17) is 5.73 Å². The van der Waals surface area contributed by atoms with Crippen LogP contribution in [0.25, 0.3) is 0 Å². The van der Waals surface area contributed by atoms with Crippen LogP contribution in [0.5, 0.6) is 0 Å². The molecule has 0 aromatic heterocycles. The van der Waals surface area contributed by atoms with Crippen molar-refractivity contribution < 1.29 is 4.79 Å². The van der Waals surface area contributed by atoms with Crippen LogP contribution in [0.15, 0.2) is 18.2 Å². The number of nitrogens with two attached hydrogens (primary N) is 1. The molecule has 1 aliphatic rings. The number of carbonyl (C=O) groups excluding carboxylic acids is 1. The van der Waals surface area contributed by atoms with E-state index in [2.05, 4.69) is 17.3 Å². The summed E-state index contributed by atoms with van der Waals surface area (Å²) in [5, 5.41) is 3.00. The summed E-state index contributed by atoms with van der Waals surface area (Å²) >= 11 is 0. The quantitative estimate of drug-likeness (QED) is 0.624. The van der Waals surface area contributed by atoms with Gasteiger partial charge in [-0.05, 0) is 44.1 Å². The highest BCUT2D eigenvalue weighted by molar-refractivity contribution is 5.77. The second-order valence-electron chi connectivity index (χ2n) is 6.05. The van der Waals surface area contributed by atoms with Gasteiger partial charge in [0.2, 0.25) is 0 Å². The third-order valence-corrected chi connectivity index (χ3v) is 4.58. The van der Waals surface area contributed by atoms with Crippen LogP contribution in [0.1, 0.15) is 59.8 Å².